The number of ether oxygens (including phenoxy) is 1. The third-order valence-electron chi connectivity index (χ3n) is 2.65. The normalized spacial score (nSPS) is 10.5. The van der Waals surface area contributed by atoms with Crippen molar-refractivity contribution in [1.29, 1.82) is 0 Å². The summed E-state index contributed by atoms with van der Waals surface area (Å²) in [6.45, 7) is 0.870. The number of likely N-dealkylation sites (N-methyl/N-ethyl adjacent to an activating group) is 1. The number of methoxy groups -OCH3 is 1. The van der Waals surface area contributed by atoms with Gasteiger partial charge in [0.05, 0.1) is 12.8 Å². The smallest absolute Gasteiger partial charge is 0.132 e. The lowest BCUT2D eigenvalue weighted by molar-refractivity contribution is 0.410. The molecule has 90 valence electrons. The molecule has 1 N–H and O–H groups in total. The monoisotopic (exact) mass is 232 g/mol. The molecule has 2 aromatic rings. The van der Waals surface area contributed by atoms with Crippen LogP contribution in [0, 0.1) is 0 Å². The molecule has 4 heteroatoms. The predicted molar refractivity (Wildman–Crippen MR) is 66.1 cm³/mol. The topological polar surface area (TPSA) is 47.3 Å². The van der Waals surface area contributed by atoms with Crippen molar-refractivity contribution >= 4 is 0 Å². The fourth-order valence-electron chi connectivity index (χ4n) is 1.77. The largest absolute Gasteiger partial charge is 0.496 e. The molecule has 0 spiro atoms. The zero-order valence-electron chi connectivity index (χ0n) is 10.1. The molecule has 0 amide bonds. The van der Waals surface area contributed by atoms with Gasteiger partial charge >= 0.3 is 0 Å². The fraction of sp³-hybridized carbons (Fsp3) is 0.308. The molecule has 0 aliphatic carbocycles. The molecular formula is C13H16N2O2. The molecule has 1 heterocycles. The number of nitrogens with zero attached hydrogens (tertiary/aromatic N) is 1. The molecule has 0 fully saturated rings. The molecule has 17 heavy (non-hydrogen) atoms. The average Bonchev–Trinajstić information content (AvgIpc) is 2.84. The van der Waals surface area contributed by atoms with Gasteiger partial charge in [0.25, 0.3) is 0 Å². The summed E-state index contributed by atoms with van der Waals surface area (Å²) in [5, 5.41) is 7.14. The zero-order valence-corrected chi connectivity index (χ0v) is 10.1. The van der Waals surface area contributed by atoms with E-state index in [1.165, 1.54) is 0 Å². The van der Waals surface area contributed by atoms with Crippen LogP contribution in [0.25, 0.3) is 11.1 Å². The van der Waals surface area contributed by atoms with Gasteiger partial charge < -0.3 is 14.6 Å². The fourth-order valence-corrected chi connectivity index (χ4v) is 1.77. The van der Waals surface area contributed by atoms with Crippen LogP contribution in [0.5, 0.6) is 5.75 Å². The summed E-state index contributed by atoms with van der Waals surface area (Å²) in [5.74, 6) is 0.835. The number of benzene rings is 1. The van der Waals surface area contributed by atoms with E-state index in [9.17, 15) is 0 Å². The first-order valence-corrected chi connectivity index (χ1v) is 5.58. The van der Waals surface area contributed by atoms with E-state index >= 15 is 0 Å². The van der Waals surface area contributed by atoms with Gasteiger partial charge in [0.1, 0.15) is 12.0 Å². The maximum Gasteiger partial charge on any atom is 0.132 e. The number of rotatable bonds is 5. The summed E-state index contributed by atoms with van der Waals surface area (Å²) >= 11 is 0. The summed E-state index contributed by atoms with van der Waals surface area (Å²) in [6, 6.07) is 7.87. The molecule has 0 aliphatic heterocycles. The third-order valence-corrected chi connectivity index (χ3v) is 2.65. The molecule has 1 aromatic carbocycles. The third kappa shape index (κ3) is 2.47. The van der Waals surface area contributed by atoms with Gasteiger partial charge in [0, 0.05) is 24.1 Å². The number of para-hydroxylation sites is 1. The van der Waals surface area contributed by atoms with Gasteiger partial charge in [0.15, 0.2) is 0 Å². The first-order valence-electron chi connectivity index (χ1n) is 5.58. The second-order valence-electron chi connectivity index (χ2n) is 3.73. The zero-order chi connectivity index (χ0) is 12.1. The molecule has 0 saturated carbocycles. The summed E-state index contributed by atoms with van der Waals surface area (Å²) < 4.78 is 10.4. The summed E-state index contributed by atoms with van der Waals surface area (Å²) in [7, 11) is 3.59. The van der Waals surface area contributed by atoms with Gasteiger partial charge in [0.2, 0.25) is 0 Å². The highest BCUT2D eigenvalue weighted by molar-refractivity contribution is 5.71. The lowest BCUT2D eigenvalue weighted by Crippen LogP contribution is -2.10. The van der Waals surface area contributed by atoms with E-state index in [1.807, 2.05) is 31.3 Å². The van der Waals surface area contributed by atoms with Crippen LogP contribution in [0.2, 0.25) is 0 Å². The molecule has 0 atom stereocenters. The van der Waals surface area contributed by atoms with E-state index in [1.54, 1.807) is 13.4 Å². The minimum Gasteiger partial charge on any atom is -0.496 e. The van der Waals surface area contributed by atoms with Gasteiger partial charge in [-0.1, -0.05) is 23.4 Å². The lowest BCUT2D eigenvalue weighted by atomic mass is 10.0. The molecule has 0 unspecified atom stereocenters. The highest BCUT2D eigenvalue weighted by atomic mass is 16.5. The molecule has 0 aliphatic rings. The van der Waals surface area contributed by atoms with E-state index in [4.69, 9.17) is 9.26 Å². The van der Waals surface area contributed by atoms with Gasteiger partial charge in [-0.05, 0) is 13.1 Å². The molecule has 1 aromatic heterocycles. The predicted octanol–water partition coefficient (Wildman–Crippen LogP) is 2.11. The van der Waals surface area contributed by atoms with Crippen molar-refractivity contribution in [2.45, 2.75) is 6.42 Å². The van der Waals surface area contributed by atoms with Gasteiger partial charge in [-0.2, -0.15) is 0 Å². The molecule has 4 nitrogen and oxygen atoms in total. The maximum atomic E-state index is 5.34. The van der Waals surface area contributed by atoms with Crippen LogP contribution in [-0.4, -0.2) is 25.9 Å². The average molecular weight is 232 g/mol. The summed E-state index contributed by atoms with van der Waals surface area (Å²) in [5.41, 5.74) is 2.96. The van der Waals surface area contributed by atoms with Gasteiger partial charge in [-0.15, -0.1) is 0 Å². The van der Waals surface area contributed by atoms with E-state index in [2.05, 4.69) is 10.5 Å². The van der Waals surface area contributed by atoms with Crippen LogP contribution in [-0.2, 0) is 6.42 Å². The molecule has 0 bridgehead atoms. The van der Waals surface area contributed by atoms with Gasteiger partial charge in [-0.25, -0.2) is 0 Å². The molecule has 0 saturated heterocycles. The molecule has 2 rings (SSSR count). The van der Waals surface area contributed by atoms with E-state index in [0.29, 0.717) is 0 Å². The van der Waals surface area contributed by atoms with Crippen LogP contribution >= 0.6 is 0 Å². The molecule has 0 radical (unpaired) electrons. The van der Waals surface area contributed by atoms with Crippen molar-refractivity contribution in [3.63, 3.8) is 0 Å². The maximum absolute atomic E-state index is 5.34. The van der Waals surface area contributed by atoms with Crippen LogP contribution in [0.3, 0.4) is 0 Å². The first kappa shape index (κ1) is 11.7. The van der Waals surface area contributed by atoms with Crippen LogP contribution in [0.4, 0.5) is 0 Å². The van der Waals surface area contributed by atoms with Crippen molar-refractivity contribution in [3.05, 3.63) is 36.2 Å². The van der Waals surface area contributed by atoms with Crippen LogP contribution in [0.15, 0.2) is 35.1 Å². The summed E-state index contributed by atoms with van der Waals surface area (Å²) in [4.78, 5) is 0. The second-order valence-corrected chi connectivity index (χ2v) is 3.73. The Kier molecular flexibility index (Phi) is 3.77. The highest BCUT2D eigenvalue weighted by Crippen LogP contribution is 2.31. The Labute approximate surface area is 101 Å². The van der Waals surface area contributed by atoms with Crippen molar-refractivity contribution in [1.82, 2.24) is 10.5 Å². The van der Waals surface area contributed by atoms with Crippen molar-refractivity contribution in [3.8, 4) is 16.9 Å². The highest BCUT2D eigenvalue weighted by Gasteiger charge is 2.13. The standard InChI is InChI=1S/C13H16N2O2/c1-14-8-7-12-11(9-17-15-12)10-5-3-4-6-13(10)16-2/h3-6,9,14H,7-8H2,1-2H3. The Morgan fingerprint density at radius 1 is 1.29 bits per heavy atom. The van der Waals surface area contributed by atoms with Crippen molar-refractivity contribution in [2.75, 3.05) is 20.7 Å². The number of nitrogens with one attached hydrogen (secondary N) is 1. The first-order chi connectivity index (χ1) is 8.36. The SMILES string of the molecule is CNCCc1nocc1-c1ccccc1OC. The van der Waals surface area contributed by atoms with E-state index in [0.717, 1.165) is 35.5 Å². The summed E-state index contributed by atoms with van der Waals surface area (Å²) in [6.07, 6.45) is 2.50. The minimum atomic E-state index is 0.834. The van der Waals surface area contributed by atoms with Gasteiger partial charge in [-0.3, -0.25) is 0 Å². The Bertz CT molecular complexity index is 480. The Morgan fingerprint density at radius 2 is 2.12 bits per heavy atom. The second kappa shape index (κ2) is 5.50. The van der Waals surface area contributed by atoms with E-state index < -0.39 is 0 Å². The van der Waals surface area contributed by atoms with Crippen LogP contribution < -0.4 is 10.1 Å². The number of hydrogen-bond acceptors (Lipinski definition) is 4. The van der Waals surface area contributed by atoms with Crippen molar-refractivity contribution < 1.29 is 9.26 Å². The lowest BCUT2D eigenvalue weighted by Gasteiger charge is -2.07. The Balaban J connectivity index is 2.35. The molecular weight excluding hydrogens is 216 g/mol. The van der Waals surface area contributed by atoms with Crippen molar-refractivity contribution in [2.24, 2.45) is 0 Å². The number of aromatic nitrogens is 1. The Morgan fingerprint density at radius 3 is 2.88 bits per heavy atom. The minimum absolute atomic E-state index is 0.834. The van der Waals surface area contributed by atoms with E-state index in [-0.39, 0.29) is 0 Å². The Hall–Kier alpha value is -1.81. The number of hydrogen-bond donors (Lipinski definition) is 1. The van der Waals surface area contributed by atoms with Crippen LogP contribution in [0.1, 0.15) is 5.69 Å². The quantitative estimate of drug-likeness (QED) is 0.857.